The van der Waals surface area contributed by atoms with Gasteiger partial charge in [-0.05, 0) is 48.5 Å². The van der Waals surface area contributed by atoms with E-state index < -0.39 is 0 Å². The lowest BCUT2D eigenvalue weighted by Gasteiger charge is -2.09. The lowest BCUT2D eigenvalue weighted by atomic mass is 10.2. The number of methoxy groups -OCH3 is 1. The molecule has 1 aromatic heterocycles. The second kappa shape index (κ2) is 8.26. The zero-order valence-corrected chi connectivity index (χ0v) is 15.6. The van der Waals surface area contributed by atoms with Gasteiger partial charge in [0.05, 0.1) is 7.11 Å². The number of nitrogens with zero attached hydrogens (tertiary/aromatic N) is 2. The van der Waals surface area contributed by atoms with Gasteiger partial charge in [0.1, 0.15) is 5.75 Å². The number of carbonyl (C=O) groups excluding carboxylic acids is 1. The molecule has 0 aliphatic heterocycles. The number of hydrogen-bond acceptors (Lipinski definition) is 5. The van der Waals surface area contributed by atoms with E-state index in [-0.39, 0.29) is 6.03 Å². The van der Waals surface area contributed by atoms with Crippen LogP contribution in [0.15, 0.2) is 83.4 Å². The maximum Gasteiger partial charge on any atom is 0.323 e. The Hall–Kier alpha value is -4.13. The van der Waals surface area contributed by atoms with Crippen molar-refractivity contribution in [2.75, 3.05) is 17.7 Å². The number of carbonyl (C=O) groups is 1. The summed E-state index contributed by atoms with van der Waals surface area (Å²) in [5.41, 5.74) is 2.85. The summed E-state index contributed by atoms with van der Waals surface area (Å²) in [6.45, 7) is 0. The van der Waals surface area contributed by atoms with Crippen molar-refractivity contribution in [3.63, 3.8) is 0 Å². The summed E-state index contributed by atoms with van der Waals surface area (Å²) in [5.74, 6) is 1.61. The fourth-order valence-electron chi connectivity index (χ4n) is 2.74. The van der Waals surface area contributed by atoms with Crippen molar-refractivity contribution >= 4 is 17.4 Å². The van der Waals surface area contributed by atoms with Gasteiger partial charge in [-0.15, -0.1) is 0 Å². The lowest BCUT2D eigenvalue weighted by molar-refractivity contribution is 0.262. The minimum absolute atomic E-state index is 0.356. The molecule has 1 heterocycles. The number of benzene rings is 3. The number of hydrogen-bond donors (Lipinski definition) is 2. The second-order valence-corrected chi connectivity index (χ2v) is 6.18. The minimum Gasteiger partial charge on any atom is -0.497 e. The number of aromatic nitrogens is 2. The highest BCUT2D eigenvalue weighted by Gasteiger charge is 2.11. The maximum atomic E-state index is 12.3. The first-order valence-electron chi connectivity index (χ1n) is 8.93. The van der Waals surface area contributed by atoms with Gasteiger partial charge in [-0.2, -0.15) is 4.98 Å². The highest BCUT2D eigenvalue weighted by atomic mass is 16.5. The molecule has 4 rings (SSSR count). The molecule has 3 aromatic carbocycles. The average molecular weight is 386 g/mol. The highest BCUT2D eigenvalue weighted by Crippen LogP contribution is 2.24. The summed E-state index contributed by atoms with van der Waals surface area (Å²) in [6.07, 6.45) is 0. The summed E-state index contributed by atoms with van der Waals surface area (Å²) in [7, 11) is 1.59. The number of nitrogens with one attached hydrogen (secondary N) is 2. The molecule has 29 heavy (non-hydrogen) atoms. The van der Waals surface area contributed by atoms with E-state index in [1.807, 2.05) is 42.5 Å². The monoisotopic (exact) mass is 386 g/mol. The van der Waals surface area contributed by atoms with Gasteiger partial charge in [0.25, 0.3) is 5.89 Å². The Morgan fingerprint density at radius 3 is 2.34 bits per heavy atom. The molecule has 7 nitrogen and oxygen atoms in total. The molecule has 0 fully saturated rings. The zero-order valence-electron chi connectivity index (χ0n) is 15.6. The van der Waals surface area contributed by atoms with E-state index in [1.165, 1.54) is 0 Å². The summed E-state index contributed by atoms with van der Waals surface area (Å²) < 4.78 is 10.5. The smallest absolute Gasteiger partial charge is 0.323 e. The molecule has 2 amide bonds. The molecule has 0 unspecified atom stereocenters. The predicted molar refractivity (Wildman–Crippen MR) is 111 cm³/mol. The Bertz CT molecular complexity index is 1110. The van der Waals surface area contributed by atoms with E-state index in [0.717, 1.165) is 16.9 Å². The van der Waals surface area contributed by atoms with Gasteiger partial charge in [-0.1, -0.05) is 35.5 Å². The van der Waals surface area contributed by atoms with Crippen LogP contribution in [0.1, 0.15) is 0 Å². The Balaban J connectivity index is 1.46. The molecule has 144 valence electrons. The molecule has 7 heteroatoms. The Kier molecular flexibility index (Phi) is 5.20. The zero-order chi connectivity index (χ0) is 20.1. The van der Waals surface area contributed by atoms with Gasteiger partial charge in [0.2, 0.25) is 5.82 Å². The highest BCUT2D eigenvalue weighted by molar-refractivity contribution is 6.00. The molecule has 0 aliphatic carbocycles. The SMILES string of the molecule is COc1ccc(NC(=O)Nc2cccc(-c3noc(-c4ccccc4)n3)c2)cc1. The Labute approximate surface area is 167 Å². The number of rotatable bonds is 5. The van der Waals surface area contributed by atoms with Crippen LogP contribution in [0.4, 0.5) is 16.2 Å². The number of urea groups is 1. The minimum atomic E-state index is -0.356. The fraction of sp³-hybridized carbons (Fsp3) is 0.0455. The van der Waals surface area contributed by atoms with E-state index in [4.69, 9.17) is 9.26 Å². The molecule has 4 aromatic rings. The number of anilines is 2. The van der Waals surface area contributed by atoms with Crippen LogP contribution < -0.4 is 15.4 Å². The average Bonchev–Trinajstić information content (AvgIpc) is 3.25. The van der Waals surface area contributed by atoms with E-state index in [9.17, 15) is 4.79 Å². The molecular weight excluding hydrogens is 368 g/mol. The summed E-state index contributed by atoms with van der Waals surface area (Å²) in [4.78, 5) is 16.7. The number of ether oxygens (including phenoxy) is 1. The van der Waals surface area contributed by atoms with E-state index in [1.54, 1.807) is 43.5 Å². The van der Waals surface area contributed by atoms with Crippen LogP contribution in [0.5, 0.6) is 5.75 Å². The standard InChI is InChI=1S/C22H18N4O3/c1-28-19-12-10-17(11-13-19)23-22(27)24-18-9-5-8-16(14-18)20-25-21(29-26-20)15-6-3-2-4-7-15/h2-14H,1H3,(H2,23,24,27). The molecular formula is C22H18N4O3. The molecule has 0 radical (unpaired) electrons. The maximum absolute atomic E-state index is 12.3. The van der Waals surface area contributed by atoms with Crippen LogP contribution in [-0.4, -0.2) is 23.3 Å². The van der Waals surface area contributed by atoms with Gasteiger partial charge >= 0.3 is 6.03 Å². The third-order valence-electron chi connectivity index (χ3n) is 4.17. The van der Waals surface area contributed by atoms with Crippen LogP contribution >= 0.6 is 0 Å². The van der Waals surface area contributed by atoms with Gasteiger partial charge in [-0.3, -0.25) is 0 Å². The van der Waals surface area contributed by atoms with E-state index >= 15 is 0 Å². The van der Waals surface area contributed by atoms with Crippen molar-refractivity contribution in [1.29, 1.82) is 0 Å². The molecule has 0 spiro atoms. The predicted octanol–water partition coefficient (Wildman–Crippen LogP) is 5.06. The van der Waals surface area contributed by atoms with Gasteiger partial charge in [-0.25, -0.2) is 4.79 Å². The van der Waals surface area contributed by atoms with Crippen molar-refractivity contribution in [2.24, 2.45) is 0 Å². The van der Waals surface area contributed by atoms with Crippen molar-refractivity contribution in [2.45, 2.75) is 0 Å². The first-order chi connectivity index (χ1) is 14.2. The summed E-state index contributed by atoms with van der Waals surface area (Å²) in [5, 5.41) is 9.61. The third-order valence-corrected chi connectivity index (χ3v) is 4.17. The number of amides is 2. The third kappa shape index (κ3) is 4.41. The summed E-state index contributed by atoms with van der Waals surface area (Å²) >= 11 is 0. The molecule has 0 bridgehead atoms. The molecule has 0 aliphatic rings. The molecule has 2 N–H and O–H groups in total. The van der Waals surface area contributed by atoms with Gasteiger partial charge in [0, 0.05) is 22.5 Å². The normalized spacial score (nSPS) is 10.4. The van der Waals surface area contributed by atoms with Crippen molar-refractivity contribution in [3.8, 4) is 28.6 Å². The van der Waals surface area contributed by atoms with Crippen LogP contribution in [-0.2, 0) is 0 Å². The Morgan fingerprint density at radius 1 is 0.862 bits per heavy atom. The fourth-order valence-corrected chi connectivity index (χ4v) is 2.74. The van der Waals surface area contributed by atoms with Gasteiger partial charge in [0.15, 0.2) is 0 Å². The summed E-state index contributed by atoms with van der Waals surface area (Å²) in [6, 6.07) is 23.5. The molecule has 0 atom stereocenters. The van der Waals surface area contributed by atoms with Crippen LogP contribution in [0, 0.1) is 0 Å². The van der Waals surface area contributed by atoms with Crippen molar-refractivity contribution in [1.82, 2.24) is 10.1 Å². The molecule has 0 saturated carbocycles. The topological polar surface area (TPSA) is 89.3 Å². The van der Waals surface area contributed by atoms with Gasteiger partial charge < -0.3 is 19.9 Å². The van der Waals surface area contributed by atoms with Crippen LogP contribution in [0.2, 0.25) is 0 Å². The Morgan fingerprint density at radius 2 is 1.59 bits per heavy atom. The largest absolute Gasteiger partial charge is 0.497 e. The quantitative estimate of drug-likeness (QED) is 0.501. The second-order valence-electron chi connectivity index (χ2n) is 6.18. The first kappa shape index (κ1) is 18.2. The van der Waals surface area contributed by atoms with Crippen LogP contribution in [0.3, 0.4) is 0 Å². The van der Waals surface area contributed by atoms with Crippen molar-refractivity contribution in [3.05, 3.63) is 78.9 Å². The van der Waals surface area contributed by atoms with E-state index in [2.05, 4.69) is 20.8 Å². The van der Waals surface area contributed by atoms with Crippen LogP contribution in [0.25, 0.3) is 22.8 Å². The van der Waals surface area contributed by atoms with E-state index in [0.29, 0.717) is 23.1 Å². The first-order valence-corrected chi connectivity index (χ1v) is 8.93. The molecule has 0 saturated heterocycles. The van der Waals surface area contributed by atoms with Crippen molar-refractivity contribution < 1.29 is 14.1 Å². The lowest BCUT2D eigenvalue weighted by Crippen LogP contribution is -2.19.